The number of aliphatic hydroxyl groups is 1. The van der Waals surface area contributed by atoms with Crippen LogP contribution >= 0.6 is 0 Å². The van der Waals surface area contributed by atoms with Gasteiger partial charge in [0.05, 0.1) is 25.9 Å². The summed E-state index contributed by atoms with van der Waals surface area (Å²) in [5.41, 5.74) is 5.56. The van der Waals surface area contributed by atoms with E-state index < -0.39 is 0 Å². The number of hydrogen-bond donors (Lipinski definition) is 2. The third-order valence-electron chi connectivity index (χ3n) is 2.39. The summed E-state index contributed by atoms with van der Waals surface area (Å²) in [4.78, 5) is 2.21. The zero-order valence-corrected chi connectivity index (χ0v) is 7.57. The SMILES string of the molecule is CC(CN)N1CCOCC1CO. The molecule has 0 aromatic heterocycles. The number of rotatable bonds is 3. The van der Waals surface area contributed by atoms with Gasteiger partial charge in [0, 0.05) is 19.1 Å². The van der Waals surface area contributed by atoms with E-state index in [1.807, 2.05) is 0 Å². The van der Waals surface area contributed by atoms with Crippen LogP contribution in [-0.4, -0.2) is 55.0 Å². The average molecular weight is 174 g/mol. The number of hydrogen-bond acceptors (Lipinski definition) is 4. The Bertz CT molecular complexity index is 132. The third-order valence-corrected chi connectivity index (χ3v) is 2.39. The van der Waals surface area contributed by atoms with Gasteiger partial charge in [-0.3, -0.25) is 4.90 Å². The van der Waals surface area contributed by atoms with Crippen LogP contribution in [0, 0.1) is 0 Å². The first kappa shape index (κ1) is 9.92. The molecule has 1 saturated heterocycles. The highest BCUT2D eigenvalue weighted by Crippen LogP contribution is 2.09. The van der Waals surface area contributed by atoms with E-state index in [4.69, 9.17) is 15.6 Å². The highest BCUT2D eigenvalue weighted by molar-refractivity contribution is 4.79. The van der Waals surface area contributed by atoms with Crippen LogP contribution in [0.25, 0.3) is 0 Å². The van der Waals surface area contributed by atoms with Crippen molar-refractivity contribution in [3.63, 3.8) is 0 Å². The molecule has 0 aliphatic carbocycles. The van der Waals surface area contributed by atoms with Gasteiger partial charge < -0.3 is 15.6 Å². The van der Waals surface area contributed by atoms with Gasteiger partial charge in [-0.15, -0.1) is 0 Å². The minimum absolute atomic E-state index is 0.136. The van der Waals surface area contributed by atoms with Crippen molar-refractivity contribution >= 4 is 0 Å². The zero-order valence-electron chi connectivity index (χ0n) is 7.57. The molecule has 2 atom stereocenters. The summed E-state index contributed by atoms with van der Waals surface area (Å²) in [6.07, 6.45) is 0. The number of morpholine rings is 1. The summed E-state index contributed by atoms with van der Waals surface area (Å²) in [7, 11) is 0. The Labute approximate surface area is 73.3 Å². The summed E-state index contributed by atoms with van der Waals surface area (Å²) < 4.78 is 5.26. The van der Waals surface area contributed by atoms with Crippen LogP contribution in [0.1, 0.15) is 6.92 Å². The molecule has 0 bridgehead atoms. The smallest absolute Gasteiger partial charge is 0.0644 e. The number of ether oxygens (including phenoxy) is 1. The fourth-order valence-corrected chi connectivity index (χ4v) is 1.54. The van der Waals surface area contributed by atoms with Gasteiger partial charge in [-0.05, 0) is 6.92 Å². The fraction of sp³-hybridized carbons (Fsp3) is 1.00. The van der Waals surface area contributed by atoms with Crippen molar-refractivity contribution in [1.82, 2.24) is 4.90 Å². The Balaban J connectivity index is 2.46. The van der Waals surface area contributed by atoms with Crippen LogP contribution in [0.5, 0.6) is 0 Å². The number of nitrogens with zero attached hydrogens (tertiary/aromatic N) is 1. The van der Waals surface area contributed by atoms with Crippen LogP contribution in [0.3, 0.4) is 0 Å². The maximum absolute atomic E-state index is 9.04. The number of nitrogens with two attached hydrogens (primary N) is 1. The van der Waals surface area contributed by atoms with Gasteiger partial charge in [-0.25, -0.2) is 0 Å². The Morgan fingerprint density at radius 2 is 2.50 bits per heavy atom. The van der Waals surface area contributed by atoms with Crippen molar-refractivity contribution in [1.29, 1.82) is 0 Å². The third kappa shape index (κ3) is 2.17. The molecule has 1 aliphatic heterocycles. The van der Waals surface area contributed by atoms with Crippen molar-refractivity contribution in [2.75, 3.05) is 32.9 Å². The minimum Gasteiger partial charge on any atom is -0.395 e. The van der Waals surface area contributed by atoms with Crippen LogP contribution in [0.4, 0.5) is 0 Å². The van der Waals surface area contributed by atoms with E-state index in [2.05, 4.69) is 11.8 Å². The molecule has 0 amide bonds. The molecule has 1 aliphatic rings. The van der Waals surface area contributed by atoms with E-state index in [-0.39, 0.29) is 12.6 Å². The molecule has 2 unspecified atom stereocenters. The Morgan fingerprint density at radius 1 is 1.75 bits per heavy atom. The molecule has 0 radical (unpaired) electrons. The Kier molecular flexibility index (Phi) is 3.94. The van der Waals surface area contributed by atoms with E-state index in [1.54, 1.807) is 0 Å². The molecule has 1 rings (SSSR count). The molecular formula is C8H18N2O2. The number of aliphatic hydroxyl groups excluding tert-OH is 1. The monoisotopic (exact) mass is 174 g/mol. The van der Waals surface area contributed by atoms with Gasteiger partial charge >= 0.3 is 0 Å². The first-order valence-corrected chi connectivity index (χ1v) is 4.44. The van der Waals surface area contributed by atoms with Crippen molar-refractivity contribution in [3.05, 3.63) is 0 Å². The topological polar surface area (TPSA) is 58.7 Å². The highest BCUT2D eigenvalue weighted by Gasteiger charge is 2.25. The van der Waals surface area contributed by atoms with E-state index in [0.717, 1.165) is 13.2 Å². The second kappa shape index (κ2) is 4.77. The molecule has 1 heterocycles. The average Bonchev–Trinajstić information content (AvgIpc) is 2.16. The fourth-order valence-electron chi connectivity index (χ4n) is 1.54. The van der Waals surface area contributed by atoms with Gasteiger partial charge in [0.15, 0.2) is 0 Å². The van der Waals surface area contributed by atoms with Crippen LogP contribution in [0.2, 0.25) is 0 Å². The molecule has 0 saturated carbocycles. The molecule has 0 spiro atoms. The van der Waals surface area contributed by atoms with Crippen molar-refractivity contribution < 1.29 is 9.84 Å². The molecule has 0 aromatic rings. The summed E-state index contributed by atoms with van der Waals surface area (Å²) >= 11 is 0. The first-order valence-electron chi connectivity index (χ1n) is 4.44. The summed E-state index contributed by atoms with van der Waals surface area (Å²) in [6.45, 7) is 5.13. The lowest BCUT2D eigenvalue weighted by Gasteiger charge is -2.38. The molecule has 4 nitrogen and oxygen atoms in total. The minimum atomic E-state index is 0.136. The van der Waals surface area contributed by atoms with Crippen molar-refractivity contribution in [2.45, 2.75) is 19.0 Å². The van der Waals surface area contributed by atoms with Gasteiger partial charge in [0.25, 0.3) is 0 Å². The lowest BCUT2D eigenvalue weighted by Crippen LogP contribution is -2.53. The van der Waals surface area contributed by atoms with Gasteiger partial charge in [0.2, 0.25) is 0 Å². The molecule has 3 N–H and O–H groups in total. The zero-order chi connectivity index (χ0) is 8.97. The lowest BCUT2D eigenvalue weighted by atomic mass is 10.2. The van der Waals surface area contributed by atoms with Gasteiger partial charge in [-0.1, -0.05) is 0 Å². The molecule has 0 aromatic carbocycles. The Hall–Kier alpha value is -0.160. The van der Waals surface area contributed by atoms with Crippen LogP contribution in [-0.2, 0) is 4.74 Å². The van der Waals surface area contributed by atoms with Gasteiger partial charge in [0.1, 0.15) is 0 Å². The molecule has 4 heteroatoms. The van der Waals surface area contributed by atoms with E-state index in [9.17, 15) is 0 Å². The first-order chi connectivity index (χ1) is 5.79. The quantitative estimate of drug-likeness (QED) is 0.578. The summed E-state index contributed by atoms with van der Waals surface area (Å²) in [5, 5.41) is 9.04. The van der Waals surface area contributed by atoms with E-state index >= 15 is 0 Å². The van der Waals surface area contributed by atoms with Crippen LogP contribution < -0.4 is 5.73 Å². The highest BCUT2D eigenvalue weighted by atomic mass is 16.5. The largest absolute Gasteiger partial charge is 0.395 e. The van der Waals surface area contributed by atoms with Crippen molar-refractivity contribution in [2.24, 2.45) is 5.73 Å². The van der Waals surface area contributed by atoms with E-state index in [0.29, 0.717) is 19.2 Å². The Morgan fingerprint density at radius 3 is 3.08 bits per heavy atom. The second-order valence-electron chi connectivity index (χ2n) is 3.23. The normalized spacial score (nSPS) is 28.8. The maximum atomic E-state index is 9.04. The second-order valence-corrected chi connectivity index (χ2v) is 3.23. The summed E-state index contributed by atoms with van der Waals surface area (Å²) in [6, 6.07) is 0.475. The summed E-state index contributed by atoms with van der Waals surface area (Å²) in [5.74, 6) is 0. The molecule has 72 valence electrons. The standard InChI is InChI=1S/C8H18N2O2/c1-7(4-9)10-2-3-12-6-8(10)5-11/h7-8,11H,2-6,9H2,1H3. The lowest BCUT2D eigenvalue weighted by molar-refractivity contribution is -0.0424. The van der Waals surface area contributed by atoms with E-state index in [1.165, 1.54) is 0 Å². The molecular weight excluding hydrogens is 156 g/mol. The molecule has 1 fully saturated rings. The van der Waals surface area contributed by atoms with Crippen LogP contribution in [0.15, 0.2) is 0 Å². The predicted molar refractivity (Wildman–Crippen MR) is 46.9 cm³/mol. The van der Waals surface area contributed by atoms with Crippen molar-refractivity contribution in [3.8, 4) is 0 Å². The van der Waals surface area contributed by atoms with Gasteiger partial charge in [-0.2, -0.15) is 0 Å². The molecule has 12 heavy (non-hydrogen) atoms. The predicted octanol–water partition coefficient (Wildman–Crippen LogP) is -0.973. The maximum Gasteiger partial charge on any atom is 0.0644 e.